The number of aliphatic carboxylic acids is 1. The summed E-state index contributed by atoms with van der Waals surface area (Å²) in [4.78, 5) is 28.6. The second kappa shape index (κ2) is 10.0. The first-order chi connectivity index (χ1) is 14.5. The Bertz CT molecular complexity index is 1060. The second-order valence-electron chi connectivity index (χ2n) is 6.83. The van der Waals surface area contributed by atoms with Crippen LogP contribution in [0.4, 0.5) is 0 Å². The number of aromatic nitrogens is 2. The quantitative estimate of drug-likeness (QED) is 0.552. The van der Waals surface area contributed by atoms with Crippen LogP contribution in [0.1, 0.15) is 25.2 Å². The van der Waals surface area contributed by atoms with Crippen LogP contribution in [-0.4, -0.2) is 39.9 Å². The first-order valence-electron chi connectivity index (χ1n) is 10.1. The molecule has 0 aliphatic carbocycles. The lowest BCUT2D eigenvalue weighted by Gasteiger charge is -2.14. The van der Waals surface area contributed by atoms with Crippen molar-refractivity contribution in [2.75, 3.05) is 13.2 Å². The smallest absolute Gasteiger partial charge is 0.333 e. The fraction of sp³-hybridized carbons (Fsp3) is 0.348. The molecule has 7 nitrogen and oxygen atoms in total. The van der Waals surface area contributed by atoms with E-state index in [-0.39, 0.29) is 5.56 Å². The van der Waals surface area contributed by atoms with Crippen LogP contribution in [0, 0.1) is 0 Å². The second-order valence-corrected chi connectivity index (χ2v) is 6.83. The SMILES string of the molecule is CCO[C@@H](Cc1ccc(OCCn2c(CC)nc3ccccc3c2=O)cc1)C(=O)O. The summed E-state index contributed by atoms with van der Waals surface area (Å²) in [6.07, 6.45) is 0.0855. The van der Waals surface area contributed by atoms with Crippen molar-refractivity contribution >= 4 is 16.9 Å². The number of aryl methyl sites for hydroxylation is 1. The number of rotatable bonds is 10. The number of nitrogens with zero attached hydrogens (tertiary/aromatic N) is 2. The van der Waals surface area contributed by atoms with E-state index in [0.717, 1.165) is 11.4 Å². The Hall–Kier alpha value is -3.19. The average Bonchev–Trinajstić information content (AvgIpc) is 2.75. The third kappa shape index (κ3) is 5.04. The van der Waals surface area contributed by atoms with E-state index < -0.39 is 12.1 Å². The summed E-state index contributed by atoms with van der Waals surface area (Å²) >= 11 is 0. The number of para-hydroxylation sites is 1. The van der Waals surface area contributed by atoms with Gasteiger partial charge in [-0.05, 0) is 36.8 Å². The molecule has 0 aliphatic rings. The molecule has 0 saturated heterocycles. The molecule has 0 unspecified atom stereocenters. The number of carboxylic acids is 1. The Morgan fingerprint density at radius 2 is 1.87 bits per heavy atom. The average molecular weight is 410 g/mol. The van der Waals surface area contributed by atoms with Crippen molar-refractivity contribution in [1.29, 1.82) is 0 Å². The summed E-state index contributed by atoms with van der Waals surface area (Å²) in [5, 5.41) is 9.79. The fourth-order valence-corrected chi connectivity index (χ4v) is 3.32. The molecule has 7 heteroatoms. The van der Waals surface area contributed by atoms with E-state index in [9.17, 15) is 14.7 Å². The molecule has 0 bridgehead atoms. The van der Waals surface area contributed by atoms with Crippen molar-refractivity contribution in [3.05, 3.63) is 70.3 Å². The van der Waals surface area contributed by atoms with Gasteiger partial charge in [-0.1, -0.05) is 31.2 Å². The third-order valence-corrected chi connectivity index (χ3v) is 4.83. The van der Waals surface area contributed by atoms with Crippen molar-refractivity contribution in [3.8, 4) is 5.75 Å². The van der Waals surface area contributed by atoms with Gasteiger partial charge in [0, 0.05) is 19.4 Å². The molecular weight excluding hydrogens is 384 g/mol. The van der Waals surface area contributed by atoms with Gasteiger partial charge in [-0.25, -0.2) is 9.78 Å². The predicted molar refractivity (Wildman–Crippen MR) is 114 cm³/mol. The van der Waals surface area contributed by atoms with Crippen LogP contribution in [-0.2, 0) is 28.9 Å². The molecular formula is C23H26N2O5. The topological polar surface area (TPSA) is 90.7 Å². The molecule has 1 atom stereocenters. The standard InChI is InChI=1S/C23H26N2O5/c1-3-21-24-19-8-6-5-7-18(19)22(26)25(21)13-14-30-17-11-9-16(10-12-17)15-20(23(27)28)29-4-2/h5-12,20H,3-4,13-15H2,1-2H3,(H,27,28)/t20-/m0/s1. The van der Waals surface area contributed by atoms with Crippen LogP contribution >= 0.6 is 0 Å². The van der Waals surface area contributed by atoms with Gasteiger partial charge >= 0.3 is 5.97 Å². The van der Waals surface area contributed by atoms with Crippen molar-refractivity contribution in [3.63, 3.8) is 0 Å². The summed E-state index contributed by atoms with van der Waals surface area (Å²) in [6.45, 7) is 4.81. The minimum atomic E-state index is -0.974. The molecule has 1 heterocycles. The van der Waals surface area contributed by atoms with E-state index in [1.165, 1.54) is 0 Å². The summed E-state index contributed by atoms with van der Waals surface area (Å²) in [7, 11) is 0. The van der Waals surface area contributed by atoms with E-state index in [0.29, 0.717) is 49.3 Å². The molecule has 0 amide bonds. The van der Waals surface area contributed by atoms with E-state index in [4.69, 9.17) is 9.47 Å². The van der Waals surface area contributed by atoms with E-state index in [1.54, 1.807) is 29.7 Å². The number of fused-ring (bicyclic) bond motifs is 1. The first-order valence-corrected chi connectivity index (χ1v) is 10.1. The molecule has 1 N–H and O–H groups in total. The zero-order valence-electron chi connectivity index (χ0n) is 17.2. The van der Waals surface area contributed by atoms with E-state index in [2.05, 4.69) is 4.98 Å². The number of carbonyl (C=O) groups is 1. The fourth-order valence-electron chi connectivity index (χ4n) is 3.32. The van der Waals surface area contributed by atoms with Crippen molar-refractivity contribution in [2.45, 2.75) is 39.3 Å². The van der Waals surface area contributed by atoms with Gasteiger partial charge in [0.15, 0.2) is 6.10 Å². The molecule has 2 aromatic carbocycles. The van der Waals surface area contributed by atoms with Gasteiger partial charge in [0.2, 0.25) is 0 Å². The van der Waals surface area contributed by atoms with Gasteiger partial charge in [-0.2, -0.15) is 0 Å². The first kappa shape index (κ1) is 21.5. The number of hydrogen-bond donors (Lipinski definition) is 1. The zero-order valence-corrected chi connectivity index (χ0v) is 17.2. The zero-order chi connectivity index (χ0) is 21.5. The van der Waals surface area contributed by atoms with E-state index in [1.807, 2.05) is 37.3 Å². The molecule has 0 spiro atoms. The summed E-state index contributed by atoms with van der Waals surface area (Å²) in [5.41, 5.74) is 1.50. The Balaban J connectivity index is 1.65. The number of hydrogen-bond acceptors (Lipinski definition) is 5. The number of ether oxygens (including phenoxy) is 2. The number of carboxylic acid groups (broad SMARTS) is 1. The predicted octanol–water partition coefficient (Wildman–Crippen LogP) is 3.07. The molecule has 0 fully saturated rings. The van der Waals surface area contributed by atoms with Gasteiger partial charge < -0.3 is 14.6 Å². The lowest BCUT2D eigenvalue weighted by Crippen LogP contribution is -2.27. The van der Waals surface area contributed by atoms with Crippen LogP contribution in [0.5, 0.6) is 5.75 Å². The van der Waals surface area contributed by atoms with Gasteiger partial charge in [0.1, 0.15) is 18.2 Å². The van der Waals surface area contributed by atoms with Crippen LogP contribution in [0.25, 0.3) is 10.9 Å². The highest BCUT2D eigenvalue weighted by Crippen LogP contribution is 2.15. The van der Waals surface area contributed by atoms with Crippen LogP contribution < -0.4 is 10.3 Å². The highest BCUT2D eigenvalue weighted by Gasteiger charge is 2.17. The maximum Gasteiger partial charge on any atom is 0.333 e. The maximum atomic E-state index is 12.8. The molecule has 3 aromatic rings. The number of benzene rings is 2. The lowest BCUT2D eigenvalue weighted by molar-refractivity contribution is -0.149. The van der Waals surface area contributed by atoms with Crippen molar-refractivity contribution in [2.24, 2.45) is 0 Å². The summed E-state index contributed by atoms with van der Waals surface area (Å²) < 4.78 is 12.7. The monoisotopic (exact) mass is 410 g/mol. The van der Waals surface area contributed by atoms with E-state index >= 15 is 0 Å². The minimum Gasteiger partial charge on any atom is -0.492 e. The molecule has 30 heavy (non-hydrogen) atoms. The highest BCUT2D eigenvalue weighted by atomic mass is 16.5. The van der Waals surface area contributed by atoms with Gasteiger partial charge in [-0.3, -0.25) is 9.36 Å². The summed E-state index contributed by atoms with van der Waals surface area (Å²) in [6, 6.07) is 14.6. The van der Waals surface area contributed by atoms with Gasteiger partial charge in [-0.15, -0.1) is 0 Å². The third-order valence-electron chi connectivity index (χ3n) is 4.83. The van der Waals surface area contributed by atoms with Crippen LogP contribution in [0.2, 0.25) is 0 Å². The highest BCUT2D eigenvalue weighted by molar-refractivity contribution is 5.77. The molecule has 0 aliphatic heterocycles. The van der Waals surface area contributed by atoms with Crippen LogP contribution in [0.3, 0.4) is 0 Å². The summed E-state index contributed by atoms with van der Waals surface area (Å²) in [5.74, 6) is 0.411. The Kier molecular flexibility index (Phi) is 7.19. The Morgan fingerprint density at radius 3 is 2.53 bits per heavy atom. The molecule has 158 valence electrons. The van der Waals surface area contributed by atoms with Crippen LogP contribution in [0.15, 0.2) is 53.3 Å². The van der Waals surface area contributed by atoms with Crippen molar-refractivity contribution < 1.29 is 19.4 Å². The Morgan fingerprint density at radius 1 is 1.13 bits per heavy atom. The van der Waals surface area contributed by atoms with Gasteiger partial charge in [0.05, 0.1) is 17.4 Å². The Labute approximate surface area is 174 Å². The lowest BCUT2D eigenvalue weighted by atomic mass is 10.1. The maximum absolute atomic E-state index is 12.8. The van der Waals surface area contributed by atoms with Crippen molar-refractivity contribution in [1.82, 2.24) is 9.55 Å². The molecule has 3 rings (SSSR count). The molecule has 0 radical (unpaired) electrons. The normalized spacial score (nSPS) is 12.1. The largest absolute Gasteiger partial charge is 0.492 e. The molecule has 0 saturated carbocycles. The molecule has 1 aromatic heterocycles. The minimum absolute atomic E-state index is 0.0629. The van der Waals surface area contributed by atoms with Gasteiger partial charge in [0.25, 0.3) is 5.56 Å².